The maximum atomic E-state index is 11.7. The molecule has 1 rings (SSSR count). The number of hydrogen-bond donors (Lipinski definition) is 1. The lowest BCUT2D eigenvalue weighted by Crippen LogP contribution is -2.39. The summed E-state index contributed by atoms with van der Waals surface area (Å²) in [7, 11) is -0.619. The van der Waals surface area contributed by atoms with Crippen molar-refractivity contribution in [2.45, 2.75) is 65.0 Å². The van der Waals surface area contributed by atoms with E-state index in [0.29, 0.717) is 5.92 Å². The molecule has 3 nitrogen and oxygen atoms in total. The molecule has 4 heteroatoms. The lowest BCUT2D eigenvalue weighted by atomic mass is 10.1. The third kappa shape index (κ3) is 8.05. The molecule has 0 aromatic carbocycles. The predicted molar refractivity (Wildman–Crippen MR) is 82.6 cm³/mol. The van der Waals surface area contributed by atoms with E-state index >= 15 is 0 Å². The molecule has 0 aromatic heterocycles. The lowest BCUT2D eigenvalue weighted by molar-refractivity contribution is -0.0242. The zero-order valence-corrected chi connectivity index (χ0v) is 13.5. The van der Waals surface area contributed by atoms with Crippen LogP contribution in [0.2, 0.25) is 0 Å². The van der Waals surface area contributed by atoms with Crippen molar-refractivity contribution in [3.8, 4) is 0 Å². The van der Waals surface area contributed by atoms with Gasteiger partial charge >= 0.3 is 0 Å². The van der Waals surface area contributed by atoms with E-state index in [1.807, 2.05) is 0 Å². The third-order valence-electron chi connectivity index (χ3n) is 3.82. The normalized spacial score (nSPS) is 22.8. The number of unbranched alkanes of at least 4 members (excludes halogenated alkanes) is 2. The molecule has 0 spiro atoms. The van der Waals surface area contributed by atoms with Crippen molar-refractivity contribution < 1.29 is 9.32 Å². The van der Waals surface area contributed by atoms with Gasteiger partial charge in [-0.2, -0.15) is 0 Å². The first-order chi connectivity index (χ1) is 9.09. The summed E-state index contributed by atoms with van der Waals surface area (Å²) in [6.07, 6.45) is 7.49. The van der Waals surface area contributed by atoms with Crippen LogP contribution in [0.25, 0.3) is 0 Å². The first kappa shape index (κ1) is 17.1. The molecule has 0 saturated carbocycles. The van der Waals surface area contributed by atoms with Gasteiger partial charge in [-0.05, 0) is 44.4 Å². The minimum Gasteiger partial charge on any atom is -0.378 e. The summed E-state index contributed by atoms with van der Waals surface area (Å²) in [6.45, 7) is 6.41. The van der Waals surface area contributed by atoms with Crippen molar-refractivity contribution in [3.63, 3.8) is 0 Å². The minimum absolute atomic E-state index is 0.214. The first-order valence-electron chi connectivity index (χ1n) is 7.86. The molecule has 2 atom stereocenters. The van der Waals surface area contributed by atoms with Gasteiger partial charge in [-0.25, -0.2) is 0 Å². The van der Waals surface area contributed by atoms with E-state index in [-0.39, 0.29) is 6.23 Å². The highest BCUT2D eigenvalue weighted by Crippen LogP contribution is 2.15. The van der Waals surface area contributed by atoms with Gasteiger partial charge in [0.2, 0.25) is 0 Å². The average molecular weight is 289 g/mol. The molecule has 1 aliphatic rings. The molecule has 2 unspecified atom stereocenters. The number of aliphatic hydroxyl groups excluding tert-OH is 1. The summed E-state index contributed by atoms with van der Waals surface area (Å²) in [6, 6.07) is 0. The molecule has 1 saturated heterocycles. The van der Waals surface area contributed by atoms with Crippen LogP contribution in [-0.4, -0.2) is 45.0 Å². The van der Waals surface area contributed by atoms with Gasteiger partial charge in [0.15, 0.2) is 0 Å². The van der Waals surface area contributed by atoms with Crippen LogP contribution < -0.4 is 0 Å². The van der Waals surface area contributed by atoms with Gasteiger partial charge in [-0.1, -0.05) is 20.3 Å². The molecular formula is C15H31NO2S. The van der Waals surface area contributed by atoms with E-state index in [1.54, 1.807) is 0 Å². The Kier molecular flexibility index (Phi) is 8.92. The Hall–Kier alpha value is 0.0700. The van der Waals surface area contributed by atoms with Crippen molar-refractivity contribution in [3.05, 3.63) is 0 Å². The molecule has 0 amide bonds. The van der Waals surface area contributed by atoms with Crippen molar-refractivity contribution in [2.24, 2.45) is 5.92 Å². The van der Waals surface area contributed by atoms with E-state index in [9.17, 15) is 9.32 Å². The first-order valence-corrected chi connectivity index (χ1v) is 9.35. The van der Waals surface area contributed by atoms with E-state index in [0.717, 1.165) is 63.1 Å². The van der Waals surface area contributed by atoms with Crippen molar-refractivity contribution in [1.82, 2.24) is 4.90 Å². The van der Waals surface area contributed by atoms with Gasteiger partial charge < -0.3 is 5.11 Å². The zero-order chi connectivity index (χ0) is 14.1. The zero-order valence-electron chi connectivity index (χ0n) is 12.6. The van der Waals surface area contributed by atoms with Gasteiger partial charge in [0, 0.05) is 35.4 Å². The van der Waals surface area contributed by atoms with Crippen LogP contribution in [0.4, 0.5) is 0 Å². The summed E-state index contributed by atoms with van der Waals surface area (Å²) >= 11 is 0. The second kappa shape index (κ2) is 9.89. The fraction of sp³-hybridized carbons (Fsp3) is 1.00. The fourth-order valence-electron chi connectivity index (χ4n) is 2.46. The van der Waals surface area contributed by atoms with Crippen molar-refractivity contribution >= 4 is 10.8 Å². The van der Waals surface area contributed by atoms with Crippen molar-refractivity contribution in [2.75, 3.05) is 24.6 Å². The van der Waals surface area contributed by atoms with Gasteiger partial charge in [-0.15, -0.1) is 0 Å². The van der Waals surface area contributed by atoms with E-state index in [1.165, 1.54) is 6.42 Å². The maximum absolute atomic E-state index is 11.7. The van der Waals surface area contributed by atoms with E-state index in [2.05, 4.69) is 18.7 Å². The molecule has 0 aromatic rings. The minimum atomic E-state index is -0.619. The van der Waals surface area contributed by atoms with Crippen LogP contribution in [0.3, 0.4) is 0 Å². The standard InChI is InChI=1S/C15H31NO2S/c1-14(2)9-13-19(18)12-7-3-5-10-16-11-6-4-8-15(16)17/h14-15,17H,3-13H2,1-2H3. The maximum Gasteiger partial charge on any atom is 0.107 e. The highest BCUT2D eigenvalue weighted by atomic mass is 32.2. The van der Waals surface area contributed by atoms with E-state index in [4.69, 9.17) is 0 Å². The summed E-state index contributed by atoms with van der Waals surface area (Å²) < 4.78 is 11.7. The fourth-order valence-corrected chi connectivity index (χ4v) is 3.92. The Bertz CT molecular complexity index is 259. The SMILES string of the molecule is CC(C)CCS(=O)CCCCCN1CCCCC1O. The molecule has 1 aliphatic heterocycles. The number of hydrogen-bond acceptors (Lipinski definition) is 3. The summed E-state index contributed by atoms with van der Waals surface area (Å²) in [5.74, 6) is 2.38. The Morgan fingerprint density at radius 1 is 1.21 bits per heavy atom. The van der Waals surface area contributed by atoms with Crippen LogP contribution in [0.15, 0.2) is 0 Å². The second-order valence-corrected chi connectivity index (χ2v) is 7.80. The molecule has 1 heterocycles. The van der Waals surface area contributed by atoms with Gasteiger partial charge in [0.25, 0.3) is 0 Å². The number of likely N-dealkylation sites (tertiary alicyclic amines) is 1. The Morgan fingerprint density at radius 2 is 2.00 bits per heavy atom. The summed E-state index contributed by atoms with van der Waals surface area (Å²) in [5, 5.41) is 9.81. The van der Waals surface area contributed by atoms with Gasteiger partial charge in [0.1, 0.15) is 6.23 Å². The average Bonchev–Trinajstić information content (AvgIpc) is 2.38. The molecule has 19 heavy (non-hydrogen) atoms. The largest absolute Gasteiger partial charge is 0.378 e. The molecule has 1 N–H and O–H groups in total. The molecule has 0 radical (unpaired) electrons. The Labute approximate surface area is 121 Å². The molecular weight excluding hydrogens is 258 g/mol. The predicted octanol–water partition coefficient (Wildman–Crippen LogP) is 2.76. The molecule has 1 fully saturated rings. The van der Waals surface area contributed by atoms with Gasteiger partial charge in [-0.3, -0.25) is 9.11 Å². The van der Waals surface area contributed by atoms with Gasteiger partial charge in [0.05, 0.1) is 0 Å². The number of piperidine rings is 1. The highest BCUT2D eigenvalue weighted by Gasteiger charge is 2.18. The second-order valence-electron chi connectivity index (χ2n) is 6.10. The lowest BCUT2D eigenvalue weighted by Gasteiger charge is -2.31. The highest BCUT2D eigenvalue weighted by molar-refractivity contribution is 7.84. The topological polar surface area (TPSA) is 40.5 Å². The van der Waals surface area contributed by atoms with Crippen molar-refractivity contribution in [1.29, 1.82) is 0 Å². The number of aliphatic hydroxyl groups is 1. The van der Waals surface area contributed by atoms with Crippen LogP contribution in [0.1, 0.15) is 58.8 Å². The van der Waals surface area contributed by atoms with Crippen LogP contribution in [0, 0.1) is 5.92 Å². The smallest absolute Gasteiger partial charge is 0.107 e. The Morgan fingerprint density at radius 3 is 2.68 bits per heavy atom. The Balaban J connectivity index is 1.97. The number of nitrogens with zero attached hydrogens (tertiary/aromatic N) is 1. The summed E-state index contributed by atoms with van der Waals surface area (Å²) in [5.41, 5.74) is 0. The quantitative estimate of drug-likeness (QED) is 0.664. The summed E-state index contributed by atoms with van der Waals surface area (Å²) in [4.78, 5) is 2.19. The molecule has 0 aliphatic carbocycles. The monoisotopic (exact) mass is 289 g/mol. The van der Waals surface area contributed by atoms with Crippen LogP contribution >= 0.6 is 0 Å². The van der Waals surface area contributed by atoms with Crippen LogP contribution in [0.5, 0.6) is 0 Å². The molecule has 0 bridgehead atoms. The third-order valence-corrected chi connectivity index (χ3v) is 5.25. The van der Waals surface area contributed by atoms with Crippen LogP contribution in [-0.2, 0) is 10.8 Å². The molecule has 114 valence electrons. The number of rotatable bonds is 9. The van der Waals surface area contributed by atoms with E-state index < -0.39 is 10.8 Å².